The van der Waals surface area contributed by atoms with Crippen LogP contribution in [0.2, 0.25) is 0 Å². The fourth-order valence-electron chi connectivity index (χ4n) is 4.14. The highest BCUT2D eigenvalue weighted by molar-refractivity contribution is 7.89. The van der Waals surface area contributed by atoms with Gasteiger partial charge in [-0.15, -0.1) is 0 Å². The van der Waals surface area contributed by atoms with Gasteiger partial charge in [0.15, 0.2) is 0 Å². The van der Waals surface area contributed by atoms with E-state index in [0.717, 1.165) is 25.0 Å². The summed E-state index contributed by atoms with van der Waals surface area (Å²) in [6.07, 6.45) is 3.07. The van der Waals surface area contributed by atoms with E-state index in [9.17, 15) is 13.2 Å². The standard InChI is InChI=1S/C24H32N2O4S/c1-4-26(5-2)31(28,29)23-15-11-20(12-16-23)24(27)25-17-7-6-8-21(18-25)19-9-13-22(30-3)14-10-19/h9-16,21H,4-8,17-18H2,1-3H3. The molecular formula is C24H32N2O4S. The maximum atomic E-state index is 13.2. The minimum Gasteiger partial charge on any atom is -0.497 e. The Labute approximate surface area is 185 Å². The lowest BCUT2D eigenvalue weighted by Gasteiger charge is -2.25. The first-order chi connectivity index (χ1) is 14.9. The number of hydrogen-bond acceptors (Lipinski definition) is 4. The van der Waals surface area contributed by atoms with Crippen LogP contribution in [0.1, 0.15) is 54.9 Å². The van der Waals surface area contributed by atoms with E-state index in [1.165, 1.54) is 9.87 Å². The summed E-state index contributed by atoms with van der Waals surface area (Å²) in [7, 11) is -1.87. The molecule has 1 heterocycles. The number of amides is 1. The van der Waals surface area contributed by atoms with Crippen LogP contribution in [0.4, 0.5) is 0 Å². The van der Waals surface area contributed by atoms with Crippen LogP contribution >= 0.6 is 0 Å². The van der Waals surface area contributed by atoms with Gasteiger partial charge >= 0.3 is 0 Å². The van der Waals surface area contributed by atoms with Gasteiger partial charge in [0.25, 0.3) is 5.91 Å². The van der Waals surface area contributed by atoms with Crippen molar-refractivity contribution in [2.24, 2.45) is 0 Å². The summed E-state index contributed by atoms with van der Waals surface area (Å²) in [5.41, 5.74) is 1.73. The molecule has 0 spiro atoms. The van der Waals surface area contributed by atoms with Crippen molar-refractivity contribution in [1.82, 2.24) is 9.21 Å². The molecular weight excluding hydrogens is 412 g/mol. The van der Waals surface area contributed by atoms with E-state index in [1.807, 2.05) is 30.9 Å². The molecule has 1 aliphatic heterocycles. The topological polar surface area (TPSA) is 66.9 Å². The molecule has 2 aromatic carbocycles. The number of rotatable bonds is 7. The summed E-state index contributed by atoms with van der Waals surface area (Å²) in [6, 6.07) is 14.4. The largest absolute Gasteiger partial charge is 0.497 e. The molecule has 1 atom stereocenters. The van der Waals surface area contributed by atoms with Gasteiger partial charge in [-0.3, -0.25) is 4.79 Å². The zero-order valence-corrected chi connectivity index (χ0v) is 19.4. The van der Waals surface area contributed by atoms with Gasteiger partial charge in [-0.1, -0.05) is 32.4 Å². The van der Waals surface area contributed by atoms with Gasteiger partial charge in [-0.2, -0.15) is 4.31 Å². The molecule has 0 aromatic heterocycles. The zero-order valence-electron chi connectivity index (χ0n) is 18.6. The molecule has 1 fully saturated rings. The molecule has 6 nitrogen and oxygen atoms in total. The molecule has 2 aromatic rings. The SMILES string of the molecule is CCN(CC)S(=O)(=O)c1ccc(C(=O)N2CCCCC(c3ccc(OC)cc3)C2)cc1. The van der Waals surface area contributed by atoms with Crippen LogP contribution in [-0.2, 0) is 10.0 Å². The number of ether oxygens (including phenoxy) is 1. The Kier molecular flexibility index (Phi) is 7.73. The molecule has 7 heteroatoms. The lowest BCUT2D eigenvalue weighted by Crippen LogP contribution is -2.34. The molecule has 0 bridgehead atoms. The molecule has 31 heavy (non-hydrogen) atoms. The summed E-state index contributed by atoms with van der Waals surface area (Å²) in [6.45, 7) is 5.84. The maximum Gasteiger partial charge on any atom is 0.253 e. The molecule has 1 saturated heterocycles. The van der Waals surface area contributed by atoms with E-state index in [2.05, 4.69) is 12.1 Å². The molecule has 0 radical (unpaired) electrons. The number of methoxy groups -OCH3 is 1. The predicted molar refractivity (Wildman–Crippen MR) is 122 cm³/mol. The molecule has 3 rings (SSSR count). The van der Waals surface area contributed by atoms with E-state index in [0.29, 0.717) is 31.7 Å². The molecule has 1 amide bonds. The summed E-state index contributed by atoms with van der Waals surface area (Å²) >= 11 is 0. The number of carbonyl (C=O) groups excluding carboxylic acids is 1. The predicted octanol–water partition coefficient (Wildman–Crippen LogP) is 4.14. The van der Waals surface area contributed by atoms with Crippen molar-refractivity contribution >= 4 is 15.9 Å². The number of nitrogens with zero attached hydrogens (tertiary/aromatic N) is 2. The van der Waals surface area contributed by atoms with Crippen LogP contribution in [0.25, 0.3) is 0 Å². The van der Waals surface area contributed by atoms with Gasteiger partial charge in [0.05, 0.1) is 12.0 Å². The average molecular weight is 445 g/mol. The highest BCUT2D eigenvalue weighted by Gasteiger charge is 2.25. The van der Waals surface area contributed by atoms with Gasteiger partial charge in [0, 0.05) is 37.7 Å². The van der Waals surface area contributed by atoms with E-state index < -0.39 is 10.0 Å². The molecule has 1 aliphatic rings. The van der Waals surface area contributed by atoms with E-state index in [1.54, 1.807) is 31.4 Å². The van der Waals surface area contributed by atoms with E-state index in [4.69, 9.17) is 4.74 Å². The summed E-state index contributed by atoms with van der Waals surface area (Å²) in [5.74, 6) is 1.05. The number of hydrogen-bond donors (Lipinski definition) is 0. The van der Waals surface area contributed by atoms with Crippen molar-refractivity contribution in [1.29, 1.82) is 0 Å². The Morgan fingerprint density at radius 1 is 1.03 bits per heavy atom. The molecule has 0 saturated carbocycles. The maximum absolute atomic E-state index is 13.2. The van der Waals surface area contributed by atoms with Gasteiger partial charge in [0.2, 0.25) is 10.0 Å². The van der Waals surface area contributed by atoms with Crippen LogP contribution < -0.4 is 4.74 Å². The van der Waals surface area contributed by atoms with Crippen molar-refractivity contribution in [3.63, 3.8) is 0 Å². The lowest BCUT2D eigenvalue weighted by molar-refractivity contribution is 0.0754. The Balaban J connectivity index is 1.76. The highest BCUT2D eigenvalue weighted by Crippen LogP contribution is 2.29. The van der Waals surface area contributed by atoms with E-state index >= 15 is 0 Å². The quantitative estimate of drug-likeness (QED) is 0.644. The van der Waals surface area contributed by atoms with Crippen LogP contribution in [0.5, 0.6) is 5.75 Å². The average Bonchev–Trinajstić information content (AvgIpc) is 3.06. The van der Waals surface area contributed by atoms with Gasteiger partial charge < -0.3 is 9.64 Å². The van der Waals surface area contributed by atoms with Gasteiger partial charge in [-0.25, -0.2) is 8.42 Å². The van der Waals surface area contributed by atoms with Gasteiger partial charge in [-0.05, 0) is 54.8 Å². The number of likely N-dealkylation sites (tertiary alicyclic amines) is 1. The number of benzene rings is 2. The van der Waals surface area contributed by atoms with Crippen LogP contribution in [0.3, 0.4) is 0 Å². The molecule has 168 valence electrons. The number of sulfonamides is 1. The van der Waals surface area contributed by atoms with Crippen molar-refractivity contribution < 1.29 is 17.9 Å². The smallest absolute Gasteiger partial charge is 0.253 e. The van der Waals surface area contributed by atoms with Crippen molar-refractivity contribution in [3.8, 4) is 5.75 Å². The normalized spacial score (nSPS) is 17.4. The molecule has 1 unspecified atom stereocenters. The minimum atomic E-state index is -3.53. The van der Waals surface area contributed by atoms with Crippen molar-refractivity contribution in [2.75, 3.05) is 33.3 Å². The van der Waals surface area contributed by atoms with Crippen molar-refractivity contribution in [2.45, 2.75) is 43.9 Å². The summed E-state index contributed by atoms with van der Waals surface area (Å²) < 4.78 is 32.0. The second-order valence-corrected chi connectivity index (χ2v) is 9.77. The third-order valence-corrected chi connectivity index (χ3v) is 8.05. The van der Waals surface area contributed by atoms with Gasteiger partial charge in [0.1, 0.15) is 5.75 Å². The van der Waals surface area contributed by atoms with E-state index in [-0.39, 0.29) is 16.7 Å². The Bertz CT molecular complexity index is 968. The Morgan fingerprint density at radius 3 is 2.26 bits per heavy atom. The third kappa shape index (κ3) is 5.28. The summed E-state index contributed by atoms with van der Waals surface area (Å²) in [5, 5.41) is 0. The molecule has 0 aliphatic carbocycles. The first-order valence-corrected chi connectivity index (χ1v) is 12.4. The molecule has 0 N–H and O–H groups in total. The zero-order chi connectivity index (χ0) is 22.4. The third-order valence-electron chi connectivity index (χ3n) is 5.99. The highest BCUT2D eigenvalue weighted by atomic mass is 32.2. The Morgan fingerprint density at radius 2 is 1.68 bits per heavy atom. The number of carbonyl (C=O) groups is 1. The monoisotopic (exact) mass is 444 g/mol. The van der Waals surface area contributed by atoms with Crippen LogP contribution in [0.15, 0.2) is 53.4 Å². The Hall–Kier alpha value is -2.38. The fourth-order valence-corrected chi connectivity index (χ4v) is 5.60. The lowest BCUT2D eigenvalue weighted by atomic mass is 9.94. The summed E-state index contributed by atoms with van der Waals surface area (Å²) in [4.78, 5) is 15.3. The minimum absolute atomic E-state index is 0.0489. The first kappa shape index (κ1) is 23.3. The second kappa shape index (κ2) is 10.3. The van der Waals surface area contributed by atoms with Crippen molar-refractivity contribution in [3.05, 3.63) is 59.7 Å². The second-order valence-electron chi connectivity index (χ2n) is 7.83. The fraction of sp³-hybridized carbons (Fsp3) is 0.458. The van der Waals surface area contributed by atoms with Crippen LogP contribution in [-0.4, -0.2) is 56.8 Å². The first-order valence-electron chi connectivity index (χ1n) is 10.9. The van der Waals surface area contributed by atoms with Crippen LogP contribution in [0, 0.1) is 0 Å².